The second kappa shape index (κ2) is 16.2. The van der Waals surface area contributed by atoms with Gasteiger partial charge in [0.05, 0.1) is 0 Å². The van der Waals surface area contributed by atoms with E-state index in [9.17, 15) is 9.18 Å². The second-order valence-electron chi connectivity index (χ2n) is 12.1. The molecule has 0 spiro atoms. The molecular formula is C40H46FN3O2. The van der Waals surface area contributed by atoms with Gasteiger partial charge in [0, 0.05) is 42.0 Å². The fourth-order valence-corrected chi connectivity index (χ4v) is 6.19. The Morgan fingerprint density at radius 1 is 0.891 bits per heavy atom. The van der Waals surface area contributed by atoms with Crippen molar-refractivity contribution in [2.24, 2.45) is 0 Å². The van der Waals surface area contributed by atoms with Gasteiger partial charge in [0.2, 0.25) is 5.91 Å². The molecule has 0 bridgehead atoms. The normalized spacial score (nSPS) is 12.7. The molecule has 6 heteroatoms. The van der Waals surface area contributed by atoms with Gasteiger partial charge in [-0.15, -0.1) is 0 Å². The number of rotatable bonds is 16. The summed E-state index contributed by atoms with van der Waals surface area (Å²) in [7, 11) is 0. The van der Waals surface area contributed by atoms with Crippen LogP contribution in [0.2, 0.25) is 0 Å². The van der Waals surface area contributed by atoms with Gasteiger partial charge in [-0.1, -0.05) is 86.6 Å². The van der Waals surface area contributed by atoms with Crippen LogP contribution in [-0.4, -0.2) is 41.1 Å². The Bertz CT molecular complexity index is 1680. The molecule has 5 aromatic rings. The van der Waals surface area contributed by atoms with Gasteiger partial charge in [0.15, 0.2) is 0 Å². The molecule has 4 aromatic carbocycles. The summed E-state index contributed by atoms with van der Waals surface area (Å²) in [6.45, 7) is 10.7. The van der Waals surface area contributed by atoms with Crippen LogP contribution >= 0.6 is 0 Å². The minimum atomic E-state index is -0.246. The van der Waals surface area contributed by atoms with Gasteiger partial charge in [0.1, 0.15) is 18.2 Å². The van der Waals surface area contributed by atoms with Crippen molar-refractivity contribution < 1.29 is 13.9 Å². The van der Waals surface area contributed by atoms with E-state index in [1.165, 1.54) is 12.1 Å². The summed E-state index contributed by atoms with van der Waals surface area (Å²) in [5.41, 5.74) is 5.30. The fraction of sp³-hybridized carbons (Fsp3) is 0.325. The van der Waals surface area contributed by atoms with E-state index in [0.29, 0.717) is 19.6 Å². The van der Waals surface area contributed by atoms with Crippen LogP contribution in [0.5, 0.6) is 5.75 Å². The Morgan fingerprint density at radius 2 is 1.63 bits per heavy atom. The molecule has 5 nitrogen and oxygen atoms in total. The highest BCUT2D eigenvalue weighted by Gasteiger charge is 2.24. The van der Waals surface area contributed by atoms with Crippen molar-refractivity contribution in [3.8, 4) is 5.75 Å². The Labute approximate surface area is 273 Å². The molecule has 0 radical (unpaired) electrons. The molecule has 240 valence electrons. The number of aromatic nitrogens is 1. The van der Waals surface area contributed by atoms with E-state index in [0.717, 1.165) is 71.4 Å². The average Bonchev–Trinajstić information content (AvgIpc) is 3.44. The molecule has 0 saturated carbocycles. The molecule has 0 fully saturated rings. The lowest BCUT2D eigenvalue weighted by molar-refractivity contribution is -0.121. The maximum atomic E-state index is 13.7. The zero-order valence-corrected chi connectivity index (χ0v) is 27.3. The first-order valence-corrected chi connectivity index (χ1v) is 16.5. The van der Waals surface area contributed by atoms with Crippen LogP contribution in [0, 0.1) is 5.82 Å². The molecule has 1 aromatic heterocycles. The van der Waals surface area contributed by atoms with Crippen molar-refractivity contribution in [2.75, 3.05) is 19.6 Å². The molecule has 0 saturated heterocycles. The third-order valence-corrected chi connectivity index (χ3v) is 8.77. The predicted molar refractivity (Wildman–Crippen MR) is 186 cm³/mol. The largest absolute Gasteiger partial charge is 0.489 e. The number of halogens is 1. The second-order valence-corrected chi connectivity index (χ2v) is 12.1. The van der Waals surface area contributed by atoms with Crippen LogP contribution in [0.25, 0.3) is 10.9 Å². The molecule has 1 N–H and O–H groups in total. The lowest BCUT2D eigenvalue weighted by Gasteiger charge is -2.22. The van der Waals surface area contributed by atoms with Crippen LogP contribution in [0.1, 0.15) is 68.2 Å². The van der Waals surface area contributed by atoms with Crippen LogP contribution < -0.4 is 10.1 Å². The third kappa shape index (κ3) is 8.85. The number of nitrogens with one attached hydrogen (secondary N) is 1. The maximum absolute atomic E-state index is 13.7. The Kier molecular flexibility index (Phi) is 11.6. The first kappa shape index (κ1) is 33.0. The minimum absolute atomic E-state index is 0.0336. The molecule has 0 aliphatic heterocycles. The highest BCUT2D eigenvalue weighted by molar-refractivity contribution is 5.87. The van der Waals surface area contributed by atoms with Crippen molar-refractivity contribution >= 4 is 16.8 Å². The Hall–Kier alpha value is -4.42. The van der Waals surface area contributed by atoms with Crippen molar-refractivity contribution in [1.29, 1.82) is 0 Å². The van der Waals surface area contributed by atoms with E-state index in [1.807, 2.05) is 54.6 Å². The van der Waals surface area contributed by atoms with E-state index in [2.05, 4.69) is 78.2 Å². The SMILES string of the molecule is CCN(CC)CCCC(C)NC(=O)CC(c1cccc(OCc2ccccc2)c1)c1cn(Cc2ccc(F)cc2)c2ccccc12. The molecule has 46 heavy (non-hydrogen) atoms. The first-order chi connectivity index (χ1) is 22.4. The lowest BCUT2D eigenvalue weighted by Crippen LogP contribution is -2.34. The van der Waals surface area contributed by atoms with Gasteiger partial charge in [-0.2, -0.15) is 0 Å². The number of amides is 1. The summed E-state index contributed by atoms with van der Waals surface area (Å²) in [5, 5.41) is 4.39. The van der Waals surface area contributed by atoms with E-state index in [4.69, 9.17) is 4.74 Å². The molecular weight excluding hydrogens is 573 g/mol. The maximum Gasteiger partial charge on any atom is 0.221 e. The minimum Gasteiger partial charge on any atom is -0.489 e. The zero-order valence-electron chi connectivity index (χ0n) is 27.3. The number of nitrogens with zero attached hydrogens (tertiary/aromatic N) is 2. The number of ether oxygens (including phenoxy) is 1. The van der Waals surface area contributed by atoms with Crippen LogP contribution in [0.15, 0.2) is 109 Å². The summed E-state index contributed by atoms with van der Waals surface area (Å²) in [4.78, 5) is 16.1. The van der Waals surface area contributed by atoms with E-state index < -0.39 is 0 Å². The standard InChI is InChI=1S/C40H46FN3O2/c1-4-43(5-2)24-12-13-30(3)42-40(45)26-37(33-16-11-17-35(25-33)46-29-32-14-7-6-8-15-32)38-28-44(39-19-10-9-18-36(38)39)27-31-20-22-34(41)23-21-31/h6-11,14-23,25,28,30,37H,4-5,12-13,24,26-27,29H2,1-3H3,(H,42,45). The highest BCUT2D eigenvalue weighted by atomic mass is 19.1. The molecule has 1 heterocycles. The van der Waals surface area contributed by atoms with Crippen molar-refractivity contribution in [3.05, 3.63) is 137 Å². The number of carbonyl (C=O) groups excluding carboxylic acids is 1. The number of para-hydroxylation sites is 1. The summed E-state index contributed by atoms with van der Waals surface area (Å²) in [6, 6.07) is 33.3. The zero-order chi connectivity index (χ0) is 32.3. The molecule has 0 aliphatic carbocycles. The van der Waals surface area contributed by atoms with Gasteiger partial charge in [0.25, 0.3) is 0 Å². The number of carbonyl (C=O) groups is 1. The van der Waals surface area contributed by atoms with Crippen LogP contribution in [0.3, 0.4) is 0 Å². The van der Waals surface area contributed by atoms with E-state index >= 15 is 0 Å². The summed E-state index contributed by atoms with van der Waals surface area (Å²) >= 11 is 0. The molecule has 2 atom stereocenters. The third-order valence-electron chi connectivity index (χ3n) is 8.77. The quantitative estimate of drug-likeness (QED) is 0.120. The van der Waals surface area contributed by atoms with Gasteiger partial charge in [-0.05, 0) is 92.0 Å². The smallest absolute Gasteiger partial charge is 0.221 e. The topological polar surface area (TPSA) is 46.5 Å². The molecule has 1 amide bonds. The van der Waals surface area contributed by atoms with Crippen LogP contribution in [0.4, 0.5) is 4.39 Å². The van der Waals surface area contributed by atoms with Gasteiger partial charge >= 0.3 is 0 Å². The van der Waals surface area contributed by atoms with E-state index in [-0.39, 0.29) is 23.7 Å². The molecule has 0 aliphatic rings. The number of benzene rings is 4. The van der Waals surface area contributed by atoms with Crippen molar-refractivity contribution in [3.63, 3.8) is 0 Å². The summed E-state index contributed by atoms with van der Waals surface area (Å²) < 4.78 is 22.1. The Morgan fingerprint density at radius 3 is 2.39 bits per heavy atom. The highest BCUT2D eigenvalue weighted by Crippen LogP contribution is 2.36. The van der Waals surface area contributed by atoms with Crippen LogP contribution in [-0.2, 0) is 17.9 Å². The van der Waals surface area contributed by atoms with Gasteiger partial charge < -0.3 is 19.5 Å². The summed E-state index contributed by atoms with van der Waals surface area (Å²) in [5.74, 6) is 0.366. The summed E-state index contributed by atoms with van der Waals surface area (Å²) in [6.07, 6.45) is 4.46. The Balaban J connectivity index is 1.42. The van der Waals surface area contributed by atoms with Gasteiger partial charge in [-0.25, -0.2) is 4.39 Å². The first-order valence-electron chi connectivity index (χ1n) is 16.5. The number of hydrogen-bond acceptors (Lipinski definition) is 3. The average molecular weight is 620 g/mol. The van der Waals surface area contributed by atoms with Crippen molar-refractivity contribution in [2.45, 2.75) is 65.1 Å². The number of fused-ring (bicyclic) bond motifs is 1. The van der Waals surface area contributed by atoms with Crippen molar-refractivity contribution in [1.82, 2.24) is 14.8 Å². The van der Waals surface area contributed by atoms with Gasteiger partial charge in [-0.3, -0.25) is 4.79 Å². The van der Waals surface area contributed by atoms with E-state index in [1.54, 1.807) is 0 Å². The lowest BCUT2D eigenvalue weighted by atomic mass is 9.87. The fourth-order valence-electron chi connectivity index (χ4n) is 6.19. The predicted octanol–water partition coefficient (Wildman–Crippen LogP) is 8.56. The number of hydrogen-bond donors (Lipinski definition) is 1. The monoisotopic (exact) mass is 619 g/mol. The molecule has 2 unspecified atom stereocenters. The molecule has 5 rings (SSSR count).